The van der Waals surface area contributed by atoms with E-state index < -0.39 is 5.97 Å². The molecular weight excluding hydrogens is 262 g/mol. The van der Waals surface area contributed by atoms with Gasteiger partial charge in [-0.3, -0.25) is 0 Å². The van der Waals surface area contributed by atoms with Crippen molar-refractivity contribution in [2.45, 2.75) is 6.61 Å². The molecule has 2 aromatic heterocycles. The maximum atomic E-state index is 10.9. The predicted molar refractivity (Wildman–Crippen MR) is 64.9 cm³/mol. The summed E-state index contributed by atoms with van der Waals surface area (Å²) in [5.74, 6) is -1.05. The van der Waals surface area contributed by atoms with E-state index in [1.165, 1.54) is 23.5 Å². The summed E-state index contributed by atoms with van der Waals surface area (Å²) in [6.45, 7) is 0.283. The third-order valence-corrected chi connectivity index (χ3v) is 3.05. The van der Waals surface area contributed by atoms with Crippen molar-refractivity contribution in [3.05, 3.63) is 45.2 Å². The van der Waals surface area contributed by atoms with Gasteiger partial charge in [0.25, 0.3) is 0 Å². The minimum Gasteiger partial charge on any atom is -0.477 e. The van der Waals surface area contributed by atoms with Gasteiger partial charge in [-0.2, -0.15) is 0 Å². The van der Waals surface area contributed by atoms with Crippen molar-refractivity contribution in [2.75, 3.05) is 0 Å². The van der Waals surface area contributed by atoms with E-state index in [9.17, 15) is 4.79 Å². The lowest BCUT2D eigenvalue weighted by molar-refractivity contribution is 0.0690. The number of hydrogen-bond donors (Lipinski definition) is 1. The van der Waals surface area contributed by atoms with Crippen LogP contribution in [0.1, 0.15) is 15.2 Å². The SMILES string of the molecule is O=C(O)c1ccc(Cl)nc1OCc1cccs1. The molecule has 0 saturated heterocycles. The molecule has 1 N–H and O–H groups in total. The van der Waals surface area contributed by atoms with E-state index in [-0.39, 0.29) is 23.2 Å². The minimum absolute atomic E-state index is 0.00551. The lowest BCUT2D eigenvalue weighted by Gasteiger charge is -2.06. The summed E-state index contributed by atoms with van der Waals surface area (Å²) in [6, 6.07) is 6.59. The predicted octanol–water partition coefficient (Wildman–Crippen LogP) is 3.07. The summed E-state index contributed by atoms with van der Waals surface area (Å²) in [7, 11) is 0. The highest BCUT2D eigenvalue weighted by Crippen LogP contribution is 2.21. The Morgan fingerprint density at radius 2 is 2.29 bits per heavy atom. The van der Waals surface area contributed by atoms with E-state index in [1.54, 1.807) is 0 Å². The average molecular weight is 270 g/mol. The van der Waals surface area contributed by atoms with Gasteiger partial charge in [-0.05, 0) is 23.6 Å². The number of rotatable bonds is 4. The van der Waals surface area contributed by atoms with E-state index in [4.69, 9.17) is 21.4 Å². The second kappa shape index (κ2) is 5.16. The van der Waals surface area contributed by atoms with Crippen LogP contribution in [0.25, 0.3) is 0 Å². The number of carboxylic acids is 1. The first-order valence-electron chi connectivity index (χ1n) is 4.72. The summed E-state index contributed by atoms with van der Waals surface area (Å²) in [5.41, 5.74) is 0.00551. The summed E-state index contributed by atoms with van der Waals surface area (Å²) in [5, 5.41) is 11.1. The fourth-order valence-corrected chi connectivity index (χ4v) is 1.98. The van der Waals surface area contributed by atoms with Crippen molar-refractivity contribution < 1.29 is 14.6 Å². The monoisotopic (exact) mass is 269 g/mol. The number of aromatic nitrogens is 1. The highest BCUT2D eigenvalue weighted by Gasteiger charge is 2.13. The largest absolute Gasteiger partial charge is 0.477 e. The fourth-order valence-electron chi connectivity index (χ4n) is 1.22. The maximum absolute atomic E-state index is 10.9. The molecule has 4 nitrogen and oxygen atoms in total. The summed E-state index contributed by atoms with van der Waals surface area (Å²) >= 11 is 7.23. The average Bonchev–Trinajstić information content (AvgIpc) is 2.78. The molecule has 0 spiro atoms. The molecule has 0 unspecified atom stereocenters. The van der Waals surface area contributed by atoms with Crippen LogP contribution in [0.15, 0.2) is 29.6 Å². The van der Waals surface area contributed by atoms with Crippen LogP contribution in [0.5, 0.6) is 5.88 Å². The number of halogens is 1. The van der Waals surface area contributed by atoms with Crippen molar-refractivity contribution in [3.8, 4) is 5.88 Å². The van der Waals surface area contributed by atoms with E-state index >= 15 is 0 Å². The molecule has 0 aliphatic carbocycles. The lowest BCUT2D eigenvalue weighted by atomic mass is 10.3. The van der Waals surface area contributed by atoms with Gasteiger partial charge in [-0.15, -0.1) is 11.3 Å². The van der Waals surface area contributed by atoms with Crippen molar-refractivity contribution in [3.63, 3.8) is 0 Å². The van der Waals surface area contributed by atoms with Gasteiger partial charge in [-0.1, -0.05) is 17.7 Å². The van der Waals surface area contributed by atoms with Gasteiger partial charge in [0.2, 0.25) is 5.88 Å². The molecule has 0 aliphatic rings. The smallest absolute Gasteiger partial charge is 0.341 e. The van der Waals surface area contributed by atoms with Crippen LogP contribution in [0, 0.1) is 0 Å². The van der Waals surface area contributed by atoms with Crippen molar-refractivity contribution in [1.82, 2.24) is 4.98 Å². The van der Waals surface area contributed by atoms with Crippen LogP contribution in [0.2, 0.25) is 5.15 Å². The Balaban J connectivity index is 2.19. The van der Waals surface area contributed by atoms with Crippen molar-refractivity contribution >= 4 is 28.9 Å². The minimum atomic E-state index is -1.09. The molecule has 0 fully saturated rings. The second-order valence-electron chi connectivity index (χ2n) is 3.16. The number of pyridine rings is 1. The second-order valence-corrected chi connectivity index (χ2v) is 4.58. The third kappa shape index (κ3) is 2.95. The van der Waals surface area contributed by atoms with Gasteiger partial charge in [0.15, 0.2) is 0 Å². The van der Waals surface area contributed by atoms with Gasteiger partial charge in [0, 0.05) is 4.88 Å². The van der Waals surface area contributed by atoms with E-state index in [0.29, 0.717) is 0 Å². The number of nitrogens with zero attached hydrogens (tertiary/aromatic N) is 1. The first kappa shape index (κ1) is 11.9. The highest BCUT2D eigenvalue weighted by molar-refractivity contribution is 7.09. The van der Waals surface area contributed by atoms with Crippen LogP contribution in [0.4, 0.5) is 0 Å². The van der Waals surface area contributed by atoms with Crippen LogP contribution in [0.3, 0.4) is 0 Å². The highest BCUT2D eigenvalue weighted by atomic mass is 35.5. The molecule has 2 rings (SSSR count). The molecule has 6 heteroatoms. The first-order chi connectivity index (χ1) is 8.16. The molecule has 0 radical (unpaired) electrons. The van der Waals surface area contributed by atoms with Gasteiger partial charge < -0.3 is 9.84 Å². The molecular formula is C11H8ClNO3S. The maximum Gasteiger partial charge on any atom is 0.341 e. The van der Waals surface area contributed by atoms with E-state index in [0.717, 1.165) is 4.88 Å². The zero-order valence-corrected chi connectivity index (χ0v) is 10.2. The van der Waals surface area contributed by atoms with Crippen LogP contribution < -0.4 is 4.74 Å². The number of thiophene rings is 1. The van der Waals surface area contributed by atoms with Gasteiger partial charge >= 0.3 is 5.97 Å². The number of carboxylic acid groups (broad SMARTS) is 1. The number of carbonyl (C=O) groups is 1. The van der Waals surface area contributed by atoms with Crippen LogP contribution in [-0.4, -0.2) is 16.1 Å². The summed E-state index contributed by atoms with van der Waals surface area (Å²) in [4.78, 5) is 15.8. The normalized spacial score (nSPS) is 10.2. The number of hydrogen-bond acceptors (Lipinski definition) is 4. The molecule has 0 saturated carbocycles. The number of aromatic carboxylic acids is 1. The molecule has 2 aromatic rings. The zero-order valence-electron chi connectivity index (χ0n) is 8.59. The first-order valence-corrected chi connectivity index (χ1v) is 5.97. The molecule has 0 aliphatic heterocycles. The quantitative estimate of drug-likeness (QED) is 0.867. The van der Waals surface area contributed by atoms with Crippen molar-refractivity contribution in [1.29, 1.82) is 0 Å². The Labute approximate surface area is 106 Å². The topological polar surface area (TPSA) is 59.4 Å². The Morgan fingerprint density at radius 1 is 1.47 bits per heavy atom. The van der Waals surface area contributed by atoms with Crippen LogP contribution >= 0.6 is 22.9 Å². The Kier molecular flexibility index (Phi) is 3.61. The molecule has 0 amide bonds. The zero-order chi connectivity index (χ0) is 12.3. The number of ether oxygens (including phenoxy) is 1. The fraction of sp³-hybridized carbons (Fsp3) is 0.0909. The standard InChI is InChI=1S/C11H8ClNO3S/c12-9-4-3-8(11(14)15)10(13-9)16-6-7-2-1-5-17-7/h1-5H,6H2,(H,14,15). The molecule has 17 heavy (non-hydrogen) atoms. The van der Waals surface area contributed by atoms with Gasteiger partial charge in [0.1, 0.15) is 17.3 Å². The molecule has 2 heterocycles. The Morgan fingerprint density at radius 3 is 2.94 bits per heavy atom. The van der Waals surface area contributed by atoms with Gasteiger partial charge in [0.05, 0.1) is 0 Å². The van der Waals surface area contributed by atoms with Crippen molar-refractivity contribution in [2.24, 2.45) is 0 Å². The van der Waals surface area contributed by atoms with E-state index in [1.807, 2.05) is 17.5 Å². The summed E-state index contributed by atoms with van der Waals surface area (Å²) in [6.07, 6.45) is 0. The Bertz CT molecular complexity index is 528. The Hall–Kier alpha value is -1.59. The molecule has 0 bridgehead atoms. The van der Waals surface area contributed by atoms with Crippen LogP contribution in [-0.2, 0) is 6.61 Å². The third-order valence-electron chi connectivity index (χ3n) is 1.99. The lowest BCUT2D eigenvalue weighted by Crippen LogP contribution is -2.04. The molecule has 0 aromatic carbocycles. The molecule has 0 atom stereocenters. The van der Waals surface area contributed by atoms with Gasteiger partial charge in [-0.25, -0.2) is 9.78 Å². The van der Waals surface area contributed by atoms with E-state index in [2.05, 4.69) is 4.98 Å². The summed E-state index contributed by atoms with van der Waals surface area (Å²) < 4.78 is 5.36. The molecule has 88 valence electrons.